The Morgan fingerprint density at radius 2 is 1.53 bits per heavy atom. The summed E-state index contributed by atoms with van der Waals surface area (Å²) in [6.07, 6.45) is 3.18. The topological polar surface area (TPSA) is 101 Å². The zero-order valence-electron chi connectivity index (χ0n) is 16.6. The maximum atomic E-state index is 12.7. The molecule has 0 aliphatic heterocycles. The lowest BCUT2D eigenvalue weighted by molar-refractivity contribution is 0.102. The van der Waals surface area contributed by atoms with Crippen LogP contribution in [0.2, 0.25) is 5.02 Å². The van der Waals surface area contributed by atoms with Gasteiger partial charge < -0.3 is 5.32 Å². The molecule has 7 nitrogen and oxygen atoms in total. The van der Waals surface area contributed by atoms with E-state index in [1.54, 1.807) is 0 Å². The number of nitrogens with zero attached hydrogens (tertiary/aromatic N) is 1. The molecule has 3 rings (SSSR count). The number of carbonyl (C=O) groups excluding carboxylic acids is 1. The Kier molecular flexibility index (Phi) is 6.57. The van der Waals surface area contributed by atoms with E-state index in [9.17, 15) is 21.6 Å². The summed E-state index contributed by atoms with van der Waals surface area (Å²) in [5, 5.41) is 2.38. The van der Waals surface area contributed by atoms with Crippen LogP contribution in [0.3, 0.4) is 0 Å². The number of nitrogens with one attached hydrogen (secondary N) is 1. The normalized spacial score (nSPS) is 15.5. The predicted molar refractivity (Wildman–Crippen MR) is 116 cm³/mol. The van der Waals surface area contributed by atoms with Crippen molar-refractivity contribution in [1.82, 2.24) is 4.31 Å². The van der Waals surface area contributed by atoms with E-state index < -0.39 is 25.8 Å². The molecule has 0 unspecified atom stereocenters. The second-order valence-electron chi connectivity index (χ2n) is 7.36. The minimum absolute atomic E-state index is 0.00208. The zero-order chi connectivity index (χ0) is 22.1. The summed E-state index contributed by atoms with van der Waals surface area (Å²) in [5.41, 5.74) is 0.379. The molecule has 1 aliphatic rings. The number of benzene rings is 2. The quantitative estimate of drug-likeness (QED) is 0.695. The van der Waals surface area contributed by atoms with Crippen LogP contribution in [0, 0.1) is 0 Å². The number of anilines is 1. The smallest absolute Gasteiger partial charge is 0.257 e. The SMILES string of the molecule is CN(C)S(=O)(=O)c1ccc(Cl)c(C(=O)Nc2ccc(S(=O)(=O)C3CCCC3)cc2)c1. The number of sulfone groups is 1. The number of rotatable bonds is 6. The minimum Gasteiger partial charge on any atom is -0.322 e. The first kappa shape index (κ1) is 22.7. The lowest BCUT2D eigenvalue weighted by atomic mass is 10.2. The molecule has 1 aliphatic carbocycles. The maximum absolute atomic E-state index is 12.7. The zero-order valence-corrected chi connectivity index (χ0v) is 19.0. The van der Waals surface area contributed by atoms with Gasteiger partial charge in [0.2, 0.25) is 10.0 Å². The van der Waals surface area contributed by atoms with Gasteiger partial charge >= 0.3 is 0 Å². The van der Waals surface area contributed by atoms with E-state index in [1.165, 1.54) is 56.6 Å². The van der Waals surface area contributed by atoms with Crippen molar-refractivity contribution in [2.45, 2.75) is 40.7 Å². The minimum atomic E-state index is -3.72. The van der Waals surface area contributed by atoms with Gasteiger partial charge in [0.05, 0.1) is 25.6 Å². The third kappa shape index (κ3) is 4.54. The van der Waals surface area contributed by atoms with Crippen molar-refractivity contribution in [3.05, 3.63) is 53.1 Å². The maximum Gasteiger partial charge on any atom is 0.257 e. The van der Waals surface area contributed by atoms with Crippen LogP contribution < -0.4 is 5.32 Å². The molecule has 0 heterocycles. The fraction of sp³-hybridized carbons (Fsp3) is 0.350. The van der Waals surface area contributed by atoms with E-state index in [-0.39, 0.29) is 25.6 Å². The van der Waals surface area contributed by atoms with E-state index in [1.807, 2.05) is 0 Å². The van der Waals surface area contributed by atoms with Gasteiger partial charge in [0, 0.05) is 19.8 Å². The Balaban J connectivity index is 1.81. The average molecular weight is 471 g/mol. The summed E-state index contributed by atoms with van der Waals surface area (Å²) in [6.45, 7) is 0. The number of carbonyl (C=O) groups is 1. The first-order valence-corrected chi connectivity index (χ1v) is 12.8. The molecule has 1 saturated carbocycles. The van der Waals surface area contributed by atoms with Crippen LogP contribution >= 0.6 is 11.6 Å². The highest BCUT2D eigenvalue weighted by Crippen LogP contribution is 2.30. The van der Waals surface area contributed by atoms with Crippen molar-refractivity contribution in [3.63, 3.8) is 0 Å². The molecule has 2 aromatic carbocycles. The molecule has 0 bridgehead atoms. The fourth-order valence-corrected chi connectivity index (χ4v) is 6.35. The number of sulfonamides is 1. The Morgan fingerprint density at radius 1 is 0.967 bits per heavy atom. The fourth-order valence-electron chi connectivity index (χ4n) is 3.37. The third-order valence-corrected chi connectivity index (χ3v) is 9.56. The molecule has 1 fully saturated rings. The van der Waals surface area contributed by atoms with Crippen LogP contribution in [-0.4, -0.2) is 46.4 Å². The van der Waals surface area contributed by atoms with Gasteiger partial charge in [-0.25, -0.2) is 21.1 Å². The summed E-state index contributed by atoms with van der Waals surface area (Å²) < 4.78 is 51.0. The monoisotopic (exact) mass is 470 g/mol. The Bertz CT molecular complexity index is 1150. The molecule has 10 heteroatoms. The van der Waals surface area contributed by atoms with Crippen LogP contribution in [0.1, 0.15) is 36.0 Å². The molecule has 0 spiro atoms. The van der Waals surface area contributed by atoms with Crippen molar-refractivity contribution >= 4 is 43.1 Å². The summed E-state index contributed by atoms with van der Waals surface area (Å²) in [4.78, 5) is 12.8. The Labute approximate surface area is 182 Å². The standard InChI is InChI=1S/C20H23ClN2O5S2/c1-23(2)30(27,28)17-11-12-19(21)18(13-17)20(24)22-14-7-9-16(10-8-14)29(25,26)15-5-3-4-6-15/h7-13,15H,3-6H2,1-2H3,(H,22,24). The highest BCUT2D eigenvalue weighted by molar-refractivity contribution is 7.92. The van der Waals surface area contributed by atoms with Crippen LogP contribution in [0.4, 0.5) is 5.69 Å². The number of amides is 1. The molecule has 0 radical (unpaired) electrons. The first-order valence-electron chi connectivity index (χ1n) is 9.41. The second-order valence-corrected chi connectivity index (χ2v) is 12.1. The van der Waals surface area contributed by atoms with Crippen LogP contribution in [0.5, 0.6) is 0 Å². The van der Waals surface area contributed by atoms with Crippen molar-refractivity contribution in [2.75, 3.05) is 19.4 Å². The Hall–Kier alpha value is -1.94. The molecule has 2 aromatic rings. The van der Waals surface area contributed by atoms with Gasteiger partial charge in [-0.3, -0.25) is 4.79 Å². The molecule has 0 atom stereocenters. The number of hydrogen-bond donors (Lipinski definition) is 1. The van der Waals surface area contributed by atoms with Crippen LogP contribution in [0.15, 0.2) is 52.3 Å². The van der Waals surface area contributed by atoms with E-state index in [0.29, 0.717) is 18.5 Å². The average Bonchev–Trinajstić information content (AvgIpc) is 3.24. The summed E-state index contributed by atoms with van der Waals surface area (Å²) in [6, 6.07) is 9.85. The van der Waals surface area contributed by atoms with Gasteiger partial charge in [-0.2, -0.15) is 0 Å². The molecule has 162 valence electrons. The van der Waals surface area contributed by atoms with Crippen molar-refractivity contribution in [3.8, 4) is 0 Å². The largest absolute Gasteiger partial charge is 0.322 e. The van der Waals surface area contributed by atoms with Crippen molar-refractivity contribution < 1.29 is 21.6 Å². The van der Waals surface area contributed by atoms with Gasteiger partial charge in [0.1, 0.15) is 0 Å². The molecular weight excluding hydrogens is 448 g/mol. The van der Waals surface area contributed by atoms with Crippen LogP contribution in [-0.2, 0) is 19.9 Å². The van der Waals surface area contributed by atoms with Gasteiger partial charge in [-0.15, -0.1) is 0 Å². The van der Waals surface area contributed by atoms with Crippen LogP contribution in [0.25, 0.3) is 0 Å². The Morgan fingerprint density at radius 3 is 2.10 bits per heavy atom. The highest BCUT2D eigenvalue weighted by Gasteiger charge is 2.30. The number of halogens is 1. The molecule has 0 aromatic heterocycles. The van der Waals surface area contributed by atoms with Gasteiger partial charge in [-0.1, -0.05) is 24.4 Å². The van der Waals surface area contributed by atoms with E-state index in [4.69, 9.17) is 11.6 Å². The van der Waals surface area contributed by atoms with E-state index in [2.05, 4.69) is 5.32 Å². The lowest BCUT2D eigenvalue weighted by Crippen LogP contribution is -2.23. The number of hydrogen-bond acceptors (Lipinski definition) is 5. The molecule has 30 heavy (non-hydrogen) atoms. The summed E-state index contributed by atoms with van der Waals surface area (Å²) in [5.74, 6) is -0.595. The third-order valence-electron chi connectivity index (χ3n) is 5.14. The van der Waals surface area contributed by atoms with Crippen molar-refractivity contribution in [2.24, 2.45) is 0 Å². The first-order chi connectivity index (χ1) is 14.0. The molecule has 1 amide bonds. The summed E-state index contributed by atoms with van der Waals surface area (Å²) >= 11 is 6.10. The molecule has 1 N–H and O–H groups in total. The predicted octanol–water partition coefficient (Wildman–Crippen LogP) is 3.56. The second kappa shape index (κ2) is 8.66. The highest BCUT2D eigenvalue weighted by atomic mass is 35.5. The van der Waals surface area contributed by atoms with Crippen molar-refractivity contribution in [1.29, 1.82) is 0 Å². The van der Waals surface area contributed by atoms with E-state index >= 15 is 0 Å². The van der Waals surface area contributed by atoms with Gasteiger partial charge in [0.25, 0.3) is 5.91 Å². The summed E-state index contributed by atoms with van der Waals surface area (Å²) in [7, 11) is -4.32. The van der Waals surface area contributed by atoms with Gasteiger partial charge in [-0.05, 0) is 55.3 Å². The van der Waals surface area contributed by atoms with E-state index in [0.717, 1.165) is 17.1 Å². The van der Waals surface area contributed by atoms with Gasteiger partial charge in [0.15, 0.2) is 9.84 Å². The molecule has 0 saturated heterocycles. The lowest BCUT2D eigenvalue weighted by Gasteiger charge is -2.14. The molecular formula is C20H23ClN2O5S2.